The summed E-state index contributed by atoms with van der Waals surface area (Å²) in [5.74, 6) is 2.06. The van der Waals surface area contributed by atoms with E-state index >= 15 is 0 Å². The Morgan fingerprint density at radius 3 is 2.66 bits per heavy atom. The molecule has 2 aromatic carbocycles. The molecule has 1 aliphatic carbocycles. The van der Waals surface area contributed by atoms with Crippen molar-refractivity contribution >= 4 is 23.2 Å². The summed E-state index contributed by atoms with van der Waals surface area (Å²) in [5.41, 5.74) is 8.02. The lowest BCUT2D eigenvalue weighted by molar-refractivity contribution is -0.131. The highest BCUT2D eigenvalue weighted by Crippen LogP contribution is 2.34. The highest BCUT2D eigenvalue weighted by Gasteiger charge is 2.36. The van der Waals surface area contributed by atoms with E-state index in [0.717, 1.165) is 67.9 Å². The molecular formula is C29H27N5O. The second-order valence-corrected chi connectivity index (χ2v) is 10.1. The van der Waals surface area contributed by atoms with E-state index in [2.05, 4.69) is 68.0 Å². The van der Waals surface area contributed by atoms with Gasteiger partial charge < -0.3 is 9.47 Å². The number of pyridine rings is 1. The molecule has 0 unspecified atom stereocenters. The van der Waals surface area contributed by atoms with Crippen molar-refractivity contribution in [3.63, 3.8) is 0 Å². The molecule has 0 N–H and O–H groups in total. The number of imidazole rings is 1. The van der Waals surface area contributed by atoms with Gasteiger partial charge in [0.15, 0.2) is 0 Å². The normalized spacial score (nSPS) is 19.0. The summed E-state index contributed by atoms with van der Waals surface area (Å²) in [5, 5.41) is 0. The summed E-state index contributed by atoms with van der Waals surface area (Å²) < 4.78 is 2.33. The molecule has 1 amide bonds. The maximum absolute atomic E-state index is 12.6. The van der Waals surface area contributed by atoms with Crippen molar-refractivity contribution in [1.82, 2.24) is 19.4 Å². The first-order valence-corrected chi connectivity index (χ1v) is 12.6. The van der Waals surface area contributed by atoms with E-state index in [1.807, 2.05) is 18.6 Å². The van der Waals surface area contributed by atoms with Crippen molar-refractivity contribution in [3.05, 3.63) is 72.1 Å². The summed E-state index contributed by atoms with van der Waals surface area (Å²) in [6.45, 7) is 3.35. The van der Waals surface area contributed by atoms with Crippen LogP contribution in [-0.2, 0) is 17.9 Å². The van der Waals surface area contributed by atoms with Gasteiger partial charge in [-0.1, -0.05) is 36.4 Å². The molecule has 6 nitrogen and oxygen atoms in total. The van der Waals surface area contributed by atoms with E-state index in [1.54, 1.807) is 0 Å². The van der Waals surface area contributed by atoms with Gasteiger partial charge in [-0.2, -0.15) is 0 Å². The standard InChI is InChI=1S/C29H27N5O/c35-29(22-5-6-22)33-12-10-19(17-33)18-34-27-9-11-30-16-26(27)32-28(34)21-3-1-20(2-4-21)23-7-8-24-14-31-15-25(24)13-23/h1-4,7-9,11,13-14,16,19,22H,5-6,10,12,15,17-18H2/t19-/m1/s1. The van der Waals surface area contributed by atoms with Crippen LogP contribution in [0.3, 0.4) is 0 Å². The average Bonchev–Trinajstić information content (AvgIpc) is 3.30. The summed E-state index contributed by atoms with van der Waals surface area (Å²) in [6, 6.07) is 17.3. The molecule has 0 radical (unpaired) electrons. The number of rotatable bonds is 5. The largest absolute Gasteiger partial charge is 0.342 e. The number of fused-ring (bicyclic) bond motifs is 2. The van der Waals surface area contributed by atoms with Crippen molar-refractivity contribution < 1.29 is 4.79 Å². The molecule has 35 heavy (non-hydrogen) atoms. The third-order valence-corrected chi connectivity index (χ3v) is 7.63. The first kappa shape index (κ1) is 20.6. The van der Waals surface area contributed by atoms with Crippen LogP contribution in [0.1, 0.15) is 30.4 Å². The monoisotopic (exact) mass is 461 g/mol. The molecule has 2 fully saturated rings. The third-order valence-electron chi connectivity index (χ3n) is 7.63. The number of nitrogens with zero attached hydrogens (tertiary/aromatic N) is 5. The third kappa shape index (κ3) is 3.73. The van der Waals surface area contributed by atoms with Crippen LogP contribution < -0.4 is 0 Å². The van der Waals surface area contributed by atoms with Crippen molar-refractivity contribution in [3.8, 4) is 22.5 Å². The van der Waals surface area contributed by atoms with Gasteiger partial charge in [0.2, 0.25) is 5.91 Å². The van der Waals surface area contributed by atoms with Crippen LogP contribution in [-0.4, -0.2) is 44.6 Å². The Morgan fingerprint density at radius 2 is 1.80 bits per heavy atom. The Labute approximate surface area is 204 Å². The number of carbonyl (C=O) groups excluding carboxylic acids is 1. The molecule has 2 aromatic heterocycles. The molecule has 4 heterocycles. The fourth-order valence-corrected chi connectivity index (χ4v) is 5.52. The van der Waals surface area contributed by atoms with Crippen LogP contribution in [0.2, 0.25) is 0 Å². The van der Waals surface area contributed by atoms with Crippen LogP contribution in [0.4, 0.5) is 0 Å². The van der Waals surface area contributed by atoms with Crippen LogP contribution in [0.5, 0.6) is 0 Å². The number of hydrogen-bond acceptors (Lipinski definition) is 4. The van der Waals surface area contributed by atoms with Gasteiger partial charge in [-0.05, 0) is 59.6 Å². The summed E-state index contributed by atoms with van der Waals surface area (Å²) in [7, 11) is 0. The molecule has 7 rings (SSSR count). The minimum atomic E-state index is 0.293. The number of carbonyl (C=O) groups is 1. The Balaban J connectivity index is 1.18. The fourth-order valence-electron chi connectivity index (χ4n) is 5.52. The smallest absolute Gasteiger partial charge is 0.225 e. The summed E-state index contributed by atoms with van der Waals surface area (Å²) in [6.07, 6.45) is 8.81. The molecule has 6 heteroatoms. The van der Waals surface area contributed by atoms with Crippen molar-refractivity contribution in [2.45, 2.75) is 32.4 Å². The van der Waals surface area contributed by atoms with E-state index in [-0.39, 0.29) is 0 Å². The highest BCUT2D eigenvalue weighted by molar-refractivity contribution is 5.86. The zero-order valence-electron chi connectivity index (χ0n) is 19.6. The van der Waals surface area contributed by atoms with E-state index in [1.165, 1.54) is 22.3 Å². The second kappa shape index (κ2) is 8.15. The average molecular weight is 462 g/mol. The molecule has 4 aromatic rings. The number of aromatic nitrogens is 3. The predicted octanol–water partition coefficient (Wildman–Crippen LogP) is 4.96. The first-order chi connectivity index (χ1) is 17.2. The topological polar surface area (TPSA) is 63.4 Å². The van der Waals surface area contributed by atoms with Crippen LogP contribution in [0.25, 0.3) is 33.5 Å². The zero-order chi connectivity index (χ0) is 23.4. The lowest BCUT2D eigenvalue weighted by Crippen LogP contribution is -2.30. The number of benzene rings is 2. The van der Waals surface area contributed by atoms with Crippen LogP contribution >= 0.6 is 0 Å². The zero-order valence-corrected chi connectivity index (χ0v) is 19.6. The van der Waals surface area contributed by atoms with Crippen molar-refractivity contribution in [1.29, 1.82) is 0 Å². The van der Waals surface area contributed by atoms with Gasteiger partial charge in [0.25, 0.3) is 0 Å². The Kier molecular flexibility index (Phi) is 4.79. The number of amides is 1. The SMILES string of the molecule is O=C(C1CC1)N1CC[C@@H](Cn2c(-c3ccc(-c4ccc5c(c4)CN=C5)cc3)nc3cnccc32)C1. The number of aliphatic imine (C=N–C) groups is 1. The predicted molar refractivity (Wildman–Crippen MR) is 137 cm³/mol. The van der Waals surface area contributed by atoms with Gasteiger partial charge in [0.05, 0.1) is 18.3 Å². The molecule has 1 atom stereocenters. The Hall–Kier alpha value is -3.80. The lowest BCUT2D eigenvalue weighted by atomic mass is 9.99. The van der Waals surface area contributed by atoms with E-state index in [0.29, 0.717) is 17.7 Å². The van der Waals surface area contributed by atoms with E-state index in [9.17, 15) is 4.79 Å². The van der Waals surface area contributed by atoms with Gasteiger partial charge in [-0.25, -0.2) is 4.98 Å². The van der Waals surface area contributed by atoms with Gasteiger partial charge in [0, 0.05) is 43.5 Å². The van der Waals surface area contributed by atoms with E-state index < -0.39 is 0 Å². The minimum absolute atomic E-state index is 0.293. The lowest BCUT2D eigenvalue weighted by Gasteiger charge is -2.18. The highest BCUT2D eigenvalue weighted by atomic mass is 16.2. The Morgan fingerprint density at radius 1 is 0.971 bits per heavy atom. The van der Waals surface area contributed by atoms with Crippen LogP contribution in [0, 0.1) is 11.8 Å². The molecule has 1 saturated heterocycles. The van der Waals surface area contributed by atoms with Crippen LogP contribution in [0.15, 0.2) is 65.9 Å². The molecule has 1 saturated carbocycles. The second-order valence-electron chi connectivity index (χ2n) is 10.1. The summed E-state index contributed by atoms with van der Waals surface area (Å²) in [4.78, 5) is 28.3. The molecule has 0 spiro atoms. The number of likely N-dealkylation sites (tertiary alicyclic amines) is 1. The van der Waals surface area contributed by atoms with Gasteiger partial charge in [-0.3, -0.25) is 14.8 Å². The van der Waals surface area contributed by atoms with Crippen molar-refractivity contribution in [2.75, 3.05) is 13.1 Å². The minimum Gasteiger partial charge on any atom is -0.342 e. The van der Waals surface area contributed by atoms with Gasteiger partial charge in [0.1, 0.15) is 11.3 Å². The maximum Gasteiger partial charge on any atom is 0.225 e. The Bertz CT molecular complexity index is 1460. The number of hydrogen-bond donors (Lipinski definition) is 0. The molecule has 0 bridgehead atoms. The molecule has 2 aliphatic heterocycles. The first-order valence-electron chi connectivity index (χ1n) is 12.6. The quantitative estimate of drug-likeness (QED) is 0.422. The fraction of sp³-hybridized carbons (Fsp3) is 0.310. The molecule has 3 aliphatic rings. The van der Waals surface area contributed by atoms with E-state index in [4.69, 9.17) is 4.98 Å². The molecule has 174 valence electrons. The maximum atomic E-state index is 12.6. The van der Waals surface area contributed by atoms with Gasteiger partial charge >= 0.3 is 0 Å². The summed E-state index contributed by atoms with van der Waals surface area (Å²) >= 11 is 0. The molecular weight excluding hydrogens is 434 g/mol. The van der Waals surface area contributed by atoms with Gasteiger partial charge in [-0.15, -0.1) is 0 Å². The van der Waals surface area contributed by atoms with Crippen molar-refractivity contribution in [2.24, 2.45) is 16.8 Å².